The first-order valence-electron chi connectivity index (χ1n) is 5.34. The molecule has 0 amide bonds. The van der Waals surface area contributed by atoms with Gasteiger partial charge in [-0.3, -0.25) is 14.9 Å². The maximum Gasteiger partial charge on any atom is 0.288 e. The maximum atomic E-state index is 12.3. The second-order valence-corrected chi connectivity index (χ2v) is 5.13. The quantitative estimate of drug-likeness (QED) is 0.462. The molecule has 0 aliphatic rings. The monoisotopic (exact) mass is 329 g/mol. The Morgan fingerprint density at radius 3 is 2.30 bits per heavy atom. The highest BCUT2D eigenvalue weighted by Gasteiger charge is 2.19. The summed E-state index contributed by atoms with van der Waals surface area (Å²) in [7, 11) is 0. The number of ketones is 1. The third kappa shape index (κ3) is 2.93. The van der Waals surface area contributed by atoms with Gasteiger partial charge in [0.15, 0.2) is 5.78 Å². The molecule has 0 spiro atoms. The van der Waals surface area contributed by atoms with Crippen molar-refractivity contribution in [1.82, 2.24) is 0 Å². The van der Waals surface area contributed by atoms with E-state index in [0.717, 1.165) is 6.07 Å². The molecule has 0 bridgehead atoms. The lowest BCUT2D eigenvalue weighted by Crippen LogP contribution is -2.03. The van der Waals surface area contributed by atoms with Crippen molar-refractivity contribution in [1.29, 1.82) is 0 Å². The number of nitrogens with zero attached hydrogens (tertiary/aromatic N) is 1. The number of hydrogen-bond acceptors (Lipinski definition) is 3. The van der Waals surface area contributed by atoms with E-state index in [1.165, 1.54) is 30.3 Å². The van der Waals surface area contributed by atoms with Crippen LogP contribution in [0.2, 0.25) is 15.1 Å². The average molecular weight is 331 g/mol. The lowest BCUT2D eigenvalue weighted by atomic mass is 10.0. The van der Waals surface area contributed by atoms with Crippen LogP contribution in [0.4, 0.5) is 5.69 Å². The summed E-state index contributed by atoms with van der Waals surface area (Å²) >= 11 is 17.4. The predicted octanol–water partition coefficient (Wildman–Crippen LogP) is 4.79. The molecule has 2 rings (SSSR count). The normalized spacial score (nSPS) is 10.3. The summed E-state index contributed by atoms with van der Waals surface area (Å²) < 4.78 is 0. The zero-order valence-electron chi connectivity index (χ0n) is 9.77. The molecule has 7 heteroatoms. The summed E-state index contributed by atoms with van der Waals surface area (Å²) in [4.78, 5) is 22.4. The molecule has 0 fully saturated rings. The van der Waals surface area contributed by atoms with Crippen LogP contribution in [-0.4, -0.2) is 10.7 Å². The molecule has 0 aliphatic carbocycles. The summed E-state index contributed by atoms with van der Waals surface area (Å²) in [6.07, 6.45) is 0. The van der Waals surface area contributed by atoms with Gasteiger partial charge in [-0.05, 0) is 30.3 Å². The molecular formula is C13H6Cl3NO3. The van der Waals surface area contributed by atoms with Crippen LogP contribution in [0.25, 0.3) is 0 Å². The van der Waals surface area contributed by atoms with E-state index in [2.05, 4.69) is 0 Å². The highest BCUT2D eigenvalue weighted by atomic mass is 35.5. The van der Waals surface area contributed by atoms with Gasteiger partial charge in [0.25, 0.3) is 5.69 Å². The summed E-state index contributed by atoms with van der Waals surface area (Å²) in [5.41, 5.74) is 0.0145. The molecule has 0 aliphatic heterocycles. The lowest BCUT2D eigenvalue weighted by Gasteiger charge is -2.05. The summed E-state index contributed by atoms with van der Waals surface area (Å²) in [5.74, 6) is -0.438. The van der Waals surface area contributed by atoms with Crippen molar-refractivity contribution in [2.75, 3.05) is 0 Å². The predicted molar refractivity (Wildman–Crippen MR) is 78.0 cm³/mol. The van der Waals surface area contributed by atoms with Crippen molar-refractivity contribution in [2.45, 2.75) is 0 Å². The first-order chi connectivity index (χ1) is 9.40. The molecule has 0 aromatic heterocycles. The minimum Gasteiger partial charge on any atom is -0.289 e. The van der Waals surface area contributed by atoms with E-state index in [4.69, 9.17) is 34.8 Å². The van der Waals surface area contributed by atoms with Gasteiger partial charge in [-0.1, -0.05) is 34.8 Å². The van der Waals surface area contributed by atoms with Gasteiger partial charge in [0.2, 0.25) is 0 Å². The van der Waals surface area contributed by atoms with Crippen LogP contribution in [0.15, 0.2) is 36.4 Å². The summed E-state index contributed by atoms with van der Waals surface area (Å²) in [6, 6.07) is 8.24. The highest BCUT2D eigenvalue weighted by Crippen LogP contribution is 2.28. The van der Waals surface area contributed by atoms with Crippen molar-refractivity contribution in [3.63, 3.8) is 0 Å². The fourth-order valence-electron chi connectivity index (χ4n) is 1.62. The topological polar surface area (TPSA) is 60.2 Å². The molecule has 2 aromatic carbocycles. The van der Waals surface area contributed by atoms with E-state index in [0.29, 0.717) is 5.02 Å². The number of nitro benzene ring substituents is 1. The Labute approximate surface area is 129 Å². The second kappa shape index (κ2) is 5.79. The molecule has 4 nitrogen and oxygen atoms in total. The summed E-state index contributed by atoms with van der Waals surface area (Å²) in [6.45, 7) is 0. The van der Waals surface area contributed by atoms with Crippen LogP contribution in [0, 0.1) is 10.1 Å². The van der Waals surface area contributed by atoms with E-state index >= 15 is 0 Å². The Hall–Kier alpha value is -1.62. The van der Waals surface area contributed by atoms with Gasteiger partial charge in [-0.15, -0.1) is 0 Å². The van der Waals surface area contributed by atoms with Crippen LogP contribution in [-0.2, 0) is 0 Å². The van der Waals surface area contributed by atoms with E-state index in [1.807, 2.05) is 0 Å². The van der Waals surface area contributed by atoms with Gasteiger partial charge >= 0.3 is 0 Å². The fraction of sp³-hybridized carbons (Fsp3) is 0. The molecule has 20 heavy (non-hydrogen) atoms. The zero-order valence-corrected chi connectivity index (χ0v) is 12.0. The number of carbonyl (C=O) groups is 1. The standard InChI is InChI=1S/C13H6Cl3NO3/c14-8-2-3-9(11(16)6-8)13(18)7-1-4-10(15)12(5-7)17(19)20/h1-6H. The van der Waals surface area contributed by atoms with Crippen molar-refractivity contribution < 1.29 is 9.72 Å². The third-order valence-corrected chi connectivity index (χ3v) is 3.45. The van der Waals surface area contributed by atoms with E-state index in [-0.39, 0.29) is 26.9 Å². The largest absolute Gasteiger partial charge is 0.289 e. The molecule has 0 atom stereocenters. The van der Waals surface area contributed by atoms with Crippen LogP contribution in [0.3, 0.4) is 0 Å². The fourth-order valence-corrected chi connectivity index (χ4v) is 2.30. The molecule has 0 saturated carbocycles. The highest BCUT2D eigenvalue weighted by molar-refractivity contribution is 6.37. The van der Waals surface area contributed by atoms with Crippen LogP contribution in [0.1, 0.15) is 15.9 Å². The van der Waals surface area contributed by atoms with Crippen LogP contribution in [0.5, 0.6) is 0 Å². The maximum absolute atomic E-state index is 12.3. The minimum absolute atomic E-state index is 0.0336. The molecule has 0 unspecified atom stereocenters. The van der Waals surface area contributed by atoms with E-state index < -0.39 is 10.7 Å². The first kappa shape index (κ1) is 14.8. The lowest BCUT2D eigenvalue weighted by molar-refractivity contribution is -0.384. The number of benzene rings is 2. The smallest absolute Gasteiger partial charge is 0.288 e. The molecule has 2 aromatic rings. The van der Waals surface area contributed by atoms with Crippen LogP contribution >= 0.6 is 34.8 Å². The number of rotatable bonds is 3. The molecule has 102 valence electrons. The van der Waals surface area contributed by atoms with E-state index in [1.54, 1.807) is 0 Å². The Bertz CT molecular complexity index is 716. The minimum atomic E-state index is -0.650. The molecular weight excluding hydrogens is 325 g/mol. The van der Waals surface area contributed by atoms with Gasteiger partial charge < -0.3 is 0 Å². The summed E-state index contributed by atoms with van der Waals surface area (Å²) in [5, 5.41) is 11.4. The van der Waals surface area contributed by atoms with E-state index in [9.17, 15) is 14.9 Å². The number of nitro groups is 1. The van der Waals surface area contributed by atoms with Crippen molar-refractivity contribution in [2.24, 2.45) is 0 Å². The van der Waals surface area contributed by atoms with Gasteiger partial charge in [0.1, 0.15) is 5.02 Å². The number of carbonyl (C=O) groups excluding carboxylic acids is 1. The Morgan fingerprint density at radius 1 is 1.00 bits per heavy atom. The average Bonchev–Trinajstić information content (AvgIpc) is 2.38. The second-order valence-electron chi connectivity index (χ2n) is 3.88. The van der Waals surface area contributed by atoms with Gasteiger partial charge in [0.05, 0.1) is 9.95 Å². The Morgan fingerprint density at radius 2 is 1.70 bits per heavy atom. The SMILES string of the molecule is O=C(c1ccc(Cl)c([N+](=O)[O-])c1)c1ccc(Cl)cc1Cl. The molecule has 0 radical (unpaired) electrons. The molecule has 0 heterocycles. The van der Waals surface area contributed by atoms with Crippen LogP contribution < -0.4 is 0 Å². The molecule has 0 N–H and O–H groups in total. The number of halogens is 3. The molecule has 0 saturated heterocycles. The Balaban J connectivity index is 2.48. The first-order valence-corrected chi connectivity index (χ1v) is 6.47. The third-order valence-electron chi connectivity index (χ3n) is 2.58. The Kier molecular flexibility index (Phi) is 4.28. The zero-order chi connectivity index (χ0) is 14.9. The van der Waals surface area contributed by atoms with Gasteiger partial charge in [0, 0.05) is 22.2 Å². The van der Waals surface area contributed by atoms with Crippen molar-refractivity contribution in [3.8, 4) is 0 Å². The van der Waals surface area contributed by atoms with Crippen molar-refractivity contribution in [3.05, 3.63) is 72.7 Å². The van der Waals surface area contributed by atoms with Gasteiger partial charge in [-0.25, -0.2) is 0 Å². The number of hydrogen-bond donors (Lipinski definition) is 0. The van der Waals surface area contributed by atoms with Crippen molar-refractivity contribution >= 4 is 46.3 Å². The van der Waals surface area contributed by atoms with Gasteiger partial charge in [-0.2, -0.15) is 0 Å².